The molecule has 1 aliphatic rings. The van der Waals surface area contributed by atoms with Gasteiger partial charge in [-0.25, -0.2) is 0 Å². The molecule has 0 fully saturated rings. The number of rotatable bonds is 2. The lowest BCUT2D eigenvalue weighted by Gasteiger charge is -2.20. The number of thioether (sulfide) groups is 1. The molecular formula is C20H19ClN4S. The zero-order chi connectivity index (χ0) is 18.3. The van der Waals surface area contributed by atoms with E-state index in [9.17, 15) is 0 Å². The lowest BCUT2D eigenvalue weighted by molar-refractivity contribution is 0.590. The standard InChI is InChI=1S/C20H19ClN4S/c1-20(2,3)15-8-4-13(5-9-15)17-12-26-19-23-22-18(25(19)24-17)14-6-10-16(21)11-7-14/h4-11H,12H2,1-3H3. The molecule has 0 aliphatic carbocycles. The molecule has 132 valence electrons. The van der Waals surface area contributed by atoms with E-state index in [-0.39, 0.29) is 5.41 Å². The average Bonchev–Trinajstić information content (AvgIpc) is 3.05. The minimum Gasteiger partial charge on any atom is -0.187 e. The van der Waals surface area contributed by atoms with E-state index >= 15 is 0 Å². The van der Waals surface area contributed by atoms with Crippen LogP contribution in [0, 0.1) is 0 Å². The van der Waals surface area contributed by atoms with Crippen LogP contribution in [0.15, 0.2) is 58.8 Å². The van der Waals surface area contributed by atoms with Crippen LogP contribution in [0.4, 0.5) is 0 Å². The van der Waals surface area contributed by atoms with Gasteiger partial charge in [-0.05, 0) is 40.8 Å². The van der Waals surface area contributed by atoms with Gasteiger partial charge in [-0.15, -0.1) is 10.2 Å². The molecule has 0 amide bonds. The predicted octanol–water partition coefficient (Wildman–Crippen LogP) is 5.25. The van der Waals surface area contributed by atoms with E-state index in [1.165, 1.54) is 5.56 Å². The Kier molecular flexibility index (Phi) is 4.37. The Bertz CT molecular complexity index is 967. The van der Waals surface area contributed by atoms with Gasteiger partial charge in [-0.2, -0.15) is 9.78 Å². The third-order valence-electron chi connectivity index (χ3n) is 4.36. The Balaban J connectivity index is 1.71. The Morgan fingerprint density at radius 3 is 2.23 bits per heavy atom. The number of hydrogen-bond donors (Lipinski definition) is 0. The summed E-state index contributed by atoms with van der Waals surface area (Å²) in [5.41, 5.74) is 4.56. The third kappa shape index (κ3) is 3.29. The zero-order valence-corrected chi connectivity index (χ0v) is 16.5. The molecule has 0 atom stereocenters. The second-order valence-electron chi connectivity index (χ2n) is 7.29. The van der Waals surface area contributed by atoms with Crippen LogP contribution >= 0.6 is 23.4 Å². The molecule has 0 spiro atoms. The van der Waals surface area contributed by atoms with Gasteiger partial charge >= 0.3 is 0 Å². The number of benzene rings is 2. The molecule has 0 radical (unpaired) electrons. The van der Waals surface area contributed by atoms with Gasteiger partial charge < -0.3 is 0 Å². The highest BCUT2D eigenvalue weighted by molar-refractivity contribution is 7.99. The Labute approximate surface area is 162 Å². The van der Waals surface area contributed by atoms with Crippen molar-refractivity contribution in [3.63, 3.8) is 0 Å². The summed E-state index contributed by atoms with van der Waals surface area (Å²) in [6, 6.07) is 16.2. The highest BCUT2D eigenvalue weighted by atomic mass is 35.5. The number of hydrogen-bond acceptors (Lipinski definition) is 4. The molecule has 26 heavy (non-hydrogen) atoms. The molecule has 3 aromatic rings. The van der Waals surface area contributed by atoms with Crippen molar-refractivity contribution >= 4 is 29.1 Å². The van der Waals surface area contributed by atoms with Crippen LogP contribution in [0.5, 0.6) is 0 Å². The monoisotopic (exact) mass is 382 g/mol. The van der Waals surface area contributed by atoms with Crippen molar-refractivity contribution in [1.29, 1.82) is 0 Å². The fraction of sp³-hybridized carbons (Fsp3) is 0.250. The summed E-state index contributed by atoms with van der Waals surface area (Å²) in [5.74, 6) is 1.51. The summed E-state index contributed by atoms with van der Waals surface area (Å²) < 4.78 is 1.82. The summed E-state index contributed by atoms with van der Waals surface area (Å²) in [6.45, 7) is 6.66. The molecular weight excluding hydrogens is 364 g/mol. The lowest BCUT2D eigenvalue weighted by atomic mass is 9.86. The van der Waals surface area contributed by atoms with E-state index < -0.39 is 0 Å². The maximum absolute atomic E-state index is 5.99. The Morgan fingerprint density at radius 1 is 0.923 bits per heavy atom. The van der Waals surface area contributed by atoms with Crippen molar-refractivity contribution in [2.24, 2.45) is 5.10 Å². The molecule has 0 saturated carbocycles. The predicted molar refractivity (Wildman–Crippen MR) is 108 cm³/mol. The van der Waals surface area contributed by atoms with Crippen LogP contribution in [-0.4, -0.2) is 26.3 Å². The lowest BCUT2D eigenvalue weighted by Crippen LogP contribution is -2.15. The van der Waals surface area contributed by atoms with E-state index in [0.29, 0.717) is 5.02 Å². The van der Waals surface area contributed by atoms with Gasteiger partial charge in [0.2, 0.25) is 5.16 Å². The highest BCUT2D eigenvalue weighted by Crippen LogP contribution is 2.29. The first-order valence-corrected chi connectivity index (χ1v) is 9.81. The minimum atomic E-state index is 0.144. The minimum absolute atomic E-state index is 0.144. The number of nitrogens with zero attached hydrogens (tertiary/aromatic N) is 4. The smallest absolute Gasteiger partial charge is 0.187 e. The second kappa shape index (κ2) is 6.56. The van der Waals surface area contributed by atoms with E-state index in [4.69, 9.17) is 16.7 Å². The molecule has 1 aliphatic heterocycles. The fourth-order valence-corrected chi connectivity index (χ4v) is 3.78. The van der Waals surface area contributed by atoms with Crippen molar-refractivity contribution in [2.75, 3.05) is 5.75 Å². The molecule has 1 aromatic heterocycles. The maximum Gasteiger partial charge on any atom is 0.212 e. The molecule has 0 unspecified atom stereocenters. The maximum atomic E-state index is 5.99. The second-order valence-corrected chi connectivity index (χ2v) is 8.67. The van der Waals surface area contributed by atoms with Crippen molar-refractivity contribution in [3.05, 3.63) is 64.7 Å². The Hall–Kier alpha value is -2.11. The summed E-state index contributed by atoms with van der Waals surface area (Å²) in [5, 5.41) is 14.9. The molecule has 0 saturated heterocycles. The van der Waals surface area contributed by atoms with Crippen LogP contribution in [0.25, 0.3) is 11.4 Å². The molecule has 0 bridgehead atoms. The van der Waals surface area contributed by atoms with Crippen LogP contribution < -0.4 is 0 Å². The first-order chi connectivity index (χ1) is 12.4. The Morgan fingerprint density at radius 2 is 1.58 bits per heavy atom. The van der Waals surface area contributed by atoms with Gasteiger partial charge in [-0.1, -0.05) is 68.4 Å². The first-order valence-electron chi connectivity index (χ1n) is 8.45. The number of fused-ring (bicyclic) bond motifs is 1. The number of aromatic nitrogens is 3. The SMILES string of the molecule is CC(C)(C)c1ccc(C2=Nn3c(nnc3-c3ccc(Cl)cc3)SC2)cc1. The molecule has 4 nitrogen and oxygen atoms in total. The van der Waals surface area contributed by atoms with Crippen LogP contribution in [0.3, 0.4) is 0 Å². The van der Waals surface area contributed by atoms with Crippen molar-refractivity contribution in [2.45, 2.75) is 31.3 Å². The topological polar surface area (TPSA) is 43.1 Å². The third-order valence-corrected chi connectivity index (χ3v) is 5.54. The largest absolute Gasteiger partial charge is 0.212 e. The van der Waals surface area contributed by atoms with Crippen LogP contribution in [0.2, 0.25) is 5.02 Å². The van der Waals surface area contributed by atoms with Gasteiger partial charge in [-0.3, -0.25) is 0 Å². The van der Waals surface area contributed by atoms with Crippen molar-refractivity contribution < 1.29 is 0 Å². The normalized spacial score (nSPS) is 14.1. The van der Waals surface area contributed by atoms with Gasteiger partial charge in [0, 0.05) is 16.3 Å². The summed E-state index contributed by atoms with van der Waals surface area (Å²) in [6.07, 6.45) is 0. The summed E-state index contributed by atoms with van der Waals surface area (Å²) in [7, 11) is 0. The van der Waals surface area contributed by atoms with Crippen molar-refractivity contribution in [1.82, 2.24) is 14.9 Å². The van der Waals surface area contributed by atoms with Gasteiger partial charge in [0.1, 0.15) is 0 Å². The molecule has 0 N–H and O–H groups in total. The molecule has 6 heteroatoms. The van der Waals surface area contributed by atoms with Gasteiger partial charge in [0.05, 0.1) is 5.71 Å². The van der Waals surface area contributed by atoms with E-state index in [1.807, 2.05) is 28.9 Å². The van der Waals surface area contributed by atoms with Gasteiger partial charge in [0.15, 0.2) is 5.82 Å². The van der Waals surface area contributed by atoms with Crippen LogP contribution in [0.1, 0.15) is 31.9 Å². The summed E-state index contributed by atoms with van der Waals surface area (Å²) in [4.78, 5) is 0. The molecule has 4 rings (SSSR count). The molecule has 2 aromatic carbocycles. The number of halogens is 1. The summed E-state index contributed by atoms with van der Waals surface area (Å²) >= 11 is 7.64. The zero-order valence-electron chi connectivity index (χ0n) is 14.9. The fourth-order valence-electron chi connectivity index (χ4n) is 2.81. The van der Waals surface area contributed by atoms with E-state index in [0.717, 1.165) is 33.6 Å². The molecule has 2 heterocycles. The van der Waals surface area contributed by atoms with E-state index in [2.05, 4.69) is 55.2 Å². The average molecular weight is 383 g/mol. The highest BCUT2D eigenvalue weighted by Gasteiger charge is 2.21. The first kappa shape index (κ1) is 17.3. The van der Waals surface area contributed by atoms with E-state index in [1.54, 1.807) is 11.8 Å². The van der Waals surface area contributed by atoms with Crippen molar-refractivity contribution in [3.8, 4) is 11.4 Å². The van der Waals surface area contributed by atoms with Gasteiger partial charge in [0.25, 0.3) is 0 Å². The quantitative estimate of drug-likeness (QED) is 0.607. The van der Waals surface area contributed by atoms with Crippen LogP contribution in [-0.2, 0) is 5.41 Å².